The average molecular weight is 128 g/mol. The monoisotopic (exact) mass is 128 g/mol. The molecule has 0 fully saturated rings. The zero-order valence-corrected chi connectivity index (χ0v) is 5.63. The first-order valence-electron chi connectivity index (χ1n) is 3.17. The normalized spacial score (nSPS) is 26.0. The van der Waals surface area contributed by atoms with E-state index >= 15 is 0 Å². The highest BCUT2D eigenvalue weighted by Gasteiger charge is 2.15. The second-order valence-corrected chi connectivity index (χ2v) is 2.16. The van der Waals surface area contributed by atoms with Crippen LogP contribution in [0.3, 0.4) is 0 Å². The summed E-state index contributed by atoms with van der Waals surface area (Å²) in [7, 11) is 1.65. The van der Waals surface area contributed by atoms with E-state index in [1.54, 1.807) is 7.11 Å². The summed E-state index contributed by atoms with van der Waals surface area (Å²) in [4.78, 5) is 4.19. The van der Waals surface area contributed by atoms with Crippen molar-refractivity contribution in [2.45, 2.75) is 18.9 Å². The average Bonchev–Trinajstić information content (AvgIpc) is 2.34. The van der Waals surface area contributed by atoms with Gasteiger partial charge in [0.25, 0.3) is 0 Å². The van der Waals surface area contributed by atoms with Gasteiger partial charge < -0.3 is 10.5 Å². The van der Waals surface area contributed by atoms with Gasteiger partial charge in [-0.2, -0.15) is 0 Å². The SMILES string of the molecule is COC1=N[C@H](CN)CC1. The third-order valence-electron chi connectivity index (χ3n) is 1.53. The lowest BCUT2D eigenvalue weighted by Crippen LogP contribution is -2.14. The van der Waals surface area contributed by atoms with E-state index in [0.29, 0.717) is 12.6 Å². The maximum atomic E-state index is 5.39. The van der Waals surface area contributed by atoms with Crippen LogP contribution in [0.15, 0.2) is 4.99 Å². The molecular formula is C6H12N2O. The summed E-state index contributed by atoms with van der Waals surface area (Å²) in [6.45, 7) is 0.646. The number of aliphatic imine (C=N–C) groups is 1. The molecule has 0 bridgehead atoms. The largest absolute Gasteiger partial charge is 0.484 e. The molecule has 0 radical (unpaired) electrons. The van der Waals surface area contributed by atoms with E-state index in [-0.39, 0.29) is 0 Å². The molecule has 0 unspecified atom stereocenters. The van der Waals surface area contributed by atoms with Crippen molar-refractivity contribution in [3.63, 3.8) is 0 Å². The van der Waals surface area contributed by atoms with E-state index in [0.717, 1.165) is 18.7 Å². The van der Waals surface area contributed by atoms with Crippen LogP contribution in [-0.2, 0) is 4.74 Å². The molecule has 2 N–H and O–H groups in total. The number of nitrogens with two attached hydrogens (primary N) is 1. The van der Waals surface area contributed by atoms with Crippen molar-refractivity contribution < 1.29 is 4.74 Å². The van der Waals surface area contributed by atoms with Gasteiger partial charge in [0, 0.05) is 13.0 Å². The van der Waals surface area contributed by atoms with Crippen molar-refractivity contribution in [1.29, 1.82) is 0 Å². The molecule has 1 aliphatic rings. The Morgan fingerprint density at radius 1 is 1.89 bits per heavy atom. The van der Waals surface area contributed by atoms with Crippen molar-refractivity contribution in [1.82, 2.24) is 0 Å². The van der Waals surface area contributed by atoms with Gasteiger partial charge in [-0.25, -0.2) is 0 Å². The summed E-state index contributed by atoms with van der Waals surface area (Å²) in [6, 6.07) is 0.319. The molecular weight excluding hydrogens is 116 g/mol. The highest BCUT2D eigenvalue weighted by atomic mass is 16.5. The van der Waals surface area contributed by atoms with Crippen molar-refractivity contribution in [3.8, 4) is 0 Å². The van der Waals surface area contributed by atoms with Gasteiger partial charge in [0.1, 0.15) is 0 Å². The van der Waals surface area contributed by atoms with Crippen LogP contribution in [0.1, 0.15) is 12.8 Å². The number of methoxy groups -OCH3 is 1. The molecule has 0 saturated heterocycles. The quantitative estimate of drug-likeness (QED) is 0.546. The molecule has 0 aliphatic carbocycles. The third kappa shape index (κ3) is 1.42. The van der Waals surface area contributed by atoms with E-state index < -0.39 is 0 Å². The number of ether oxygens (including phenoxy) is 1. The van der Waals surface area contributed by atoms with Gasteiger partial charge in [0.2, 0.25) is 0 Å². The summed E-state index contributed by atoms with van der Waals surface area (Å²) >= 11 is 0. The Bertz CT molecular complexity index is 122. The first kappa shape index (κ1) is 6.55. The Morgan fingerprint density at radius 3 is 3.00 bits per heavy atom. The highest BCUT2D eigenvalue weighted by molar-refractivity contribution is 5.77. The molecule has 3 heteroatoms. The van der Waals surface area contributed by atoms with E-state index in [1.807, 2.05) is 0 Å². The summed E-state index contributed by atoms with van der Waals surface area (Å²) in [6.07, 6.45) is 2.01. The van der Waals surface area contributed by atoms with Crippen molar-refractivity contribution >= 4 is 5.90 Å². The first-order chi connectivity index (χ1) is 4.36. The second-order valence-electron chi connectivity index (χ2n) is 2.16. The molecule has 3 nitrogen and oxygen atoms in total. The number of rotatable bonds is 1. The minimum Gasteiger partial charge on any atom is -0.484 e. The van der Waals surface area contributed by atoms with E-state index in [1.165, 1.54) is 0 Å². The molecule has 0 amide bonds. The van der Waals surface area contributed by atoms with Crippen LogP contribution in [0.25, 0.3) is 0 Å². The van der Waals surface area contributed by atoms with E-state index in [9.17, 15) is 0 Å². The summed E-state index contributed by atoms with van der Waals surface area (Å²) in [5.74, 6) is 0.852. The van der Waals surface area contributed by atoms with Crippen molar-refractivity contribution in [2.75, 3.05) is 13.7 Å². The Morgan fingerprint density at radius 2 is 2.67 bits per heavy atom. The molecule has 0 aromatic rings. The smallest absolute Gasteiger partial charge is 0.183 e. The Balaban J connectivity index is 2.40. The number of hydrogen-bond donors (Lipinski definition) is 1. The predicted molar refractivity (Wildman–Crippen MR) is 36.5 cm³/mol. The van der Waals surface area contributed by atoms with Crippen LogP contribution < -0.4 is 5.73 Å². The van der Waals surface area contributed by atoms with Gasteiger partial charge >= 0.3 is 0 Å². The summed E-state index contributed by atoms with van der Waals surface area (Å²) in [5.41, 5.74) is 5.39. The maximum absolute atomic E-state index is 5.39. The topological polar surface area (TPSA) is 47.6 Å². The lowest BCUT2D eigenvalue weighted by Gasteiger charge is -1.96. The van der Waals surface area contributed by atoms with Crippen LogP contribution in [0.4, 0.5) is 0 Å². The first-order valence-corrected chi connectivity index (χ1v) is 3.17. The Kier molecular flexibility index (Phi) is 2.05. The van der Waals surface area contributed by atoms with Gasteiger partial charge in [-0.15, -0.1) is 0 Å². The van der Waals surface area contributed by atoms with Crippen molar-refractivity contribution in [2.24, 2.45) is 10.7 Å². The summed E-state index contributed by atoms with van der Waals surface area (Å²) in [5, 5.41) is 0. The molecule has 0 aromatic carbocycles. The fourth-order valence-electron chi connectivity index (χ4n) is 0.948. The van der Waals surface area contributed by atoms with Gasteiger partial charge in [0.15, 0.2) is 5.90 Å². The van der Waals surface area contributed by atoms with Crippen LogP contribution in [0.2, 0.25) is 0 Å². The Hall–Kier alpha value is -0.570. The standard InChI is InChI=1S/C6H12N2O/c1-9-6-3-2-5(4-7)8-6/h5H,2-4,7H2,1H3/t5-/m0/s1. The molecule has 1 aliphatic heterocycles. The summed E-state index contributed by atoms with van der Waals surface area (Å²) < 4.78 is 4.94. The fraction of sp³-hybridized carbons (Fsp3) is 0.833. The number of nitrogens with zero attached hydrogens (tertiary/aromatic N) is 1. The van der Waals surface area contributed by atoms with Crippen LogP contribution in [-0.4, -0.2) is 25.6 Å². The van der Waals surface area contributed by atoms with Crippen LogP contribution in [0, 0.1) is 0 Å². The minimum atomic E-state index is 0.319. The molecule has 1 rings (SSSR count). The van der Waals surface area contributed by atoms with Crippen molar-refractivity contribution in [3.05, 3.63) is 0 Å². The van der Waals surface area contributed by atoms with E-state index in [2.05, 4.69) is 4.99 Å². The van der Waals surface area contributed by atoms with E-state index in [4.69, 9.17) is 10.5 Å². The van der Waals surface area contributed by atoms with Gasteiger partial charge in [-0.3, -0.25) is 4.99 Å². The number of hydrogen-bond acceptors (Lipinski definition) is 3. The minimum absolute atomic E-state index is 0.319. The third-order valence-corrected chi connectivity index (χ3v) is 1.53. The molecule has 9 heavy (non-hydrogen) atoms. The molecule has 0 aromatic heterocycles. The molecule has 0 spiro atoms. The highest BCUT2D eigenvalue weighted by Crippen LogP contribution is 2.11. The van der Waals surface area contributed by atoms with Gasteiger partial charge in [-0.1, -0.05) is 0 Å². The fourth-order valence-corrected chi connectivity index (χ4v) is 0.948. The van der Waals surface area contributed by atoms with Crippen LogP contribution >= 0.6 is 0 Å². The molecule has 1 atom stereocenters. The lowest BCUT2D eigenvalue weighted by molar-refractivity contribution is 0.395. The zero-order valence-electron chi connectivity index (χ0n) is 5.63. The molecule has 1 heterocycles. The van der Waals surface area contributed by atoms with Gasteiger partial charge in [-0.05, 0) is 6.42 Å². The lowest BCUT2D eigenvalue weighted by atomic mass is 10.2. The Labute approximate surface area is 54.9 Å². The zero-order chi connectivity index (χ0) is 6.69. The van der Waals surface area contributed by atoms with Gasteiger partial charge in [0.05, 0.1) is 13.2 Å². The predicted octanol–water partition coefficient (Wildman–Crippen LogP) is 0.152. The maximum Gasteiger partial charge on any atom is 0.183 e. The molecule has 52 valence electrons. The second kappa shape index (κ2) is 2.82. The van der Waals surface area contributed by atoms with Crippen LogP contribution in [0.5, 0.6) is 0 Å². The molecule has 0 saturated carbocycles.